The second-order valence-corrected chi connectivity index (χ2v) is 3.63. The maximum atomic E-state index is 11.1. The summed E-state index contributed by atoms with van der Waals surface area (Å²) in [6.45, 7) is 0. The third-order valence-corrected chi connectivity index (χ3v) is 2.63. The quantitative estimate of drug-likeness (QED) is 0.540. The van der Waals surface area contributed by atoms with Gasteiger partial charge in [-0.05, 0) is 24.3 Å². The fourth-order valence-electron chi connectivity index (χ4n) is 1.92. The Morgan fingerprint density at radius 2 is 2.00 bits per heavy atom. The van der Waals surface area contributed by atoms with Crippen LogP contribution in [0.3, 0.4) is 0 Å². The van der Waals surface area contributed by atoms with E-state index >= 15 is 0 Å². The van der Waals surface area contributed by atoms with E-state index in [-0.39, 0.29) is 5.69 Å². The third-order valence-electron chi connectivity index (χ3n) is 2.63. The van der Waals surface area contributed by atoms with Gasteiger partial charge in [0, 0.05) is 0 Å². The van der Waals surface area contributed by atoms with E-state index in [0.29, 0.717) is 16.8 Å². The maximum absolute atomic E-state index is 11.1. The van der Waals surface area contributed by atoms with Gasteiger partial charge >= 0.3 is 5.69 Å². The number of furan rings is 1. The van der Waals surface area contributed by atoms with Gasteiger partial charge in [0.25, 0.3) is 0 Å². The van der Waals surface area contributed by atoms with E-state index in [0.717, 1.165) is 5.52 Å². The van der Waals surface area contributed by atoms with Gasteiger partial charge in [-0.3, -0.25) is 10.1 Å². The normalized spacial score (nSPS) is 10.8. The van der Waals surface area contributed by atoms with Crippen LogP contribution in [0.25, 0.3) is 22.4 Å². The highest BCUT2D eigenvalue weighted by molar-refractivity contribution is 5.96. The van der Waals surface area contributed by atoms with Crippen LogP contribution < -0.4 is 0 Å². The van der Waals surface area contributed by atoms with Gasteiger partial charge in [0.2, 0.25) is 0 Å². The van der Waals surface area contributed by atoms with Crippen LogP contribution in [0, 0.1) is 10.1 Å². The summed E-state index contributed by atoms with van der Waals surface area (Å²) in [5.74, 6) is 0.466. The minimum atomic E-state index is -0.392. The van der Waals surface area contributed by atoms with Gasteiger partial charge in [-0.2, -0.15) is 0 Å². The van der Waals surface area contributed by atoms with Gasteiger partial charge in [-0.1, -0.05) is 12.1 Å². The molecular weight excluding hydrogens is 220 g/mol. The molecule has 0 saturated carbocycles. The van der Waals surface area contributed by atoms with Crippen LogP contribution >= 0.6 is 0 Å². The van der Waals surface area contributed by atoms with Crippen molar-refractivity contribution in [1.29, 1.82) is 0 Å². The van der Waals surface area contributed by atoms with E-state index < -0.39 is 4.92 Å². The molecule has 1 N–H and O–H groups in total. The molecule has 0 bridgehead atoms. The lowest BCUT2D eigenvalue weighted by Gasteiger charge is -1.92. The number of H-pyrrole nitrogens is 1. The maximum Gasteiger partial charge on any atom is 0.305 e. The van der Waals surface area contributed by atoms with Crippen molar-refractivity contribution in [3.63, 3.8) is 0 Å². The van der Waals surface area contributed by atoms with Gasteiger partial charge in [-0.25, -0.2) is 0 Å². The van der Waals surface area contributed by atoms with Crippen molar-refractivity contribution in [2.45, 2.75) is 0 Å². The van der Waals surface area contributed by atoms with Crippen LogP contribution in [0.5, 0.6) is 0 Å². The number of fused-ring (bicyclic) bond motifs is 1. The Labute approximate surface area is 95.8 Å². The zero-order valence-electron chi connectivity index (χ0n) is 8.71. The molecule has 0 saturated heterocycles. The summed E-state index contributed by atoms with van der Waals surface area (Å²) >= 11 is 0. The predicted molar refractivity (Wildman–Crippen MR) is 62.7 cm³/mol. The Bertz CT molecular complexity index is 683. The molecule has 17 heavy (non-hydrogen) atoms. The number of aromatic nitrogens is 1. The van der Waals surface area contributed by atoms with Crippen LogP contribution in [0.1, 0.15) is 0 Å². The summed E-state index contributed by atoms with van der Waals surface area (Å²) in [6, 6.07) is 10.5. The van der Waals surface area contributed by atoms with E-state index in [1.807, 2.05) is 6.07 Å². The average Bonchev–Trinajstić information content (AvgIpc) is 2.95. The van der Waals surface area contributed by atoms with Crippen molar-refractivity contribution in [3.05, 3.63) is 52.8 Å². The van der Waals surface area contributed by atoms with Gasteiger partial charge in [0.05, 0.1) is 22.1 Å². The van der Waals surface area contributed by atoms with E-state index in [1.54, 1.807) is 30.3 Å². The molecule has 0 aliphatic rings. The van der Waals surface area contributed by atoms with Crippen molar-refractivity contribution < 1.29 is 9.34 Å². The van der Waals surface area contributed by atoms with E-state index in [9.17, 15) is 10.1 Å². The summed E-state index contributed by atoms with van der Waals surface area (Å²) < 4.78 is 5.20. The monoisotopic (exact) mass is 228 g/mol. The number of benzene rings is 1. The summed E-state index contributed by atoms with van der Waals surface area (Å²) in [5.41, 5.74) is 1.18. The fraction of sp³-hybridized carbons (Fsp3) is 0. The lowest BCUT2D eigenvalue weighted by Crippen LogP contribution is -1.88. The summed E-state index contributed by atoms with van der Waals surface area (Å²) in [6.07, 6.45) is 1.49. The Kier molecular flexibility index (Phi) is 1.98. The number of rotatable bonds is 2. The Hall–Kier alpha value is -2.56. The van der Waals surface area contributed by atoms with Crippen LogP contribution in [0.15, 0.2) is 47.1 Å². The van der Waals surface area contributed by atoms with Crippen LogP contribution in [0.4, 0.5) is 5.69 Å². The number of hydrogen-bond acceptors (Lipinski definition) is 3. The van der Waals surface area contributed by atoms with Crippen LogP contribution in [-0.2, 0) is 0 Å². The summed E-state index contributed by atoms with van der Waals surface area (Å²) in [7, 11) is 0. The molecule has 0 spiro atoms. The van der Waals surface area contributed by atoms with Crippen LogP contribution in [0.2, 0.25) is 0 Å². The number of nitrogens with one attached hydrogen (secondary N) is 1. The zero-order valence-corrected chi connectivity index (χ0v) is 8.71. The molecule has 3 aromatic rings. The third kappa shape index (κ3) is 1.40. The number of nitrogens with zero attached hydrogens (tertiary/aromatic N) is 1. The first-order valence-electron chi connectivity index (χ1n) is 5.06. The Balaban J connectivity index is 2.38. The Morgan fingerprint density at radius 3 is 2.71 bits per heavy atom. The molecule has 84 valence electrons. The molecule has 3 rings (SSSR count). The fourth-order valence-corrected chi connectivity index (χ4v) is 1.92. The molecular formula is C12H8N2O3. The second kappa shape index (κ2) is 3.48. The smallest absolute Gasteiger partial charge is 0.305 e. The highest BCUT2D eigenvalue weighted by Gasteiger charge is 2.24. The first kappa shape index (κ1) is 9.65. The molecule has 0 fully saturated rings. The standard InChI is InChI=1S/C12H8N2O3/c15-14(16)12-8-4-1-2-5-9(8)13-11(12)10-6-3-7-17-10/h1-7,13H. The summed E-state index contributed by atoms with van der Waals surface area (Å²) in [4.78, 5) is 13.8. The minimum Gasteiger partial charge on any atom is -0.463 e. The lowest BCUT2D eigenvalue weighted by atomic mass is 10.2. The van der Waals surface area contributed by atoms with Crippen molar-refractivity contribution >= 4 is 16.6 Å². The summed E-state index contributed by atoms with van der Waals surface area (Å²) in [5, 5.41) is 11.7. The molecule has 2 aromatic heterocycles. The average molecular weight is 228 g/mol. The SMILES string of the molecule is O=[N+]([O-])c1c(-c2ccco2)[nH]c2ccccc12. The molecule has 5 nitrogen and oxygen atoms in total. The minimum absolute atomic E-state index is 0.0514. The number of hydrogen-bond donors (Lipinski definition) is 1. The van der Waals surface area contributed by atoms with E-state index in [2.05, 4.69) is 4.98 Å². The molecule has 0 aliphatic carbocycles. The van der Waals surface area contributed by atoms with Crippen molar-refractivity contribution in [3.8, 4) is 11.5 Å². The largest absolute Gasteiger partial charge is 0.463 e. The first-order chi connectivity index (χ1) is 8.27. The molecule has 5 heteroatoms. The molecule has 0 amide bonds. The molecule has 2 heterocycles. The molecule has 0 atom stereocenters. The van der Waals surface area contributed by atoms with Crippen molar-refractivity contribution in [2.24, 2.45) is 0 Å². The van der Waals surface area contributed by atoms with Crippen LogP contribution in [-0.4, -0.2) is 9.91 Å². The van der Waals surface area contributed by atoms with Crippen molar-refractivity contribution in [1.82, 2.24) is 4.98 Å². The van der Waals surface area contributed by atoms with Gasteiger partial charge in [0.15, 0.2) is 11.5 Å². The highest BCUT2D eigenvalue weighted by atomic mass is 16.6. The first-order valence-corrected chi connectivity index (χ1v) is 5.06. The molecule has 0 radical (unpaired) electrons. The Morgan fingerprint density at radius 1 is 1.18 bits per heavy atom. The highest BCUT2D eigenvalue weighted by Crippen LogP contribution is 2.36. The second-order valence-electron chi connectivity index (χ2n) is 3.63. The van der Waals surface area contributed by atoms with Crippen molar-refractivity contribution in [2.75, 3.05) is 0 Å². The molecule has 1 aromatic carbocycles. The van der Waals surface area contributed by atoms with E-state index in [4.69, 9.17) is 4.42 Å². The van der Waals surface area contributed by atoms with Gasteiger partial charge < -0.3 is 9.40 Å². The number of aromatic amines is 1. The number of nitro groups is 1. The lowest BCUT2D eigenvalue weighted by molar-refractivity contribution is -0.382. The van der Waals surface area contributed by atoms with Gasteiger partial charge in [0.1, 0.15) is 0 Å². The topological polar surface area (TPSA) is 72.1 Å². The zero-order chi connectivity index (χ0) is 11.8. The molecule has 0 unspecified atom stereocenters. The number of para-hydroxylation sites is 1. The van der Waals surface area contributed by atoms with Gasteiger partial charge in [-0.15, -0.1) is 0 Å². The van der Waals surface area contributed by atoms with E-state index in [1.165, 1.54) is 6.26 Å². The molecule has 0 aliphatic heterocycles. The predicted octanol–water partition coefficient (Wildman–Crippen LogP) is 3.34.